The average molecular weight is 461 g/mol. The maximum atomic E-state index is 12.8. The van der Waals surface area contributed by atoms with Crippen LogP contribution in [-0.4, -0.2) is 74.2 Å². The van der Waals surface area contributed by atoms with Crippen molar-refractivity contribution >= 4 is 22.0 Å². The number of alkyl carbamates (subject to hydrolysis) is 1. The van der Waals surface area contributed by atoms with Crippen LogP contribution < -0.4 is 5.32 Å². The van der Waals surface area contributed by atoms with Crippen molar-refractivity contribution < 1.29 is 35.9 Å². The van der Waals surface area contributed by atoms with Gasteiger partial charge in [-0.3, -0.25) is 0 Å². The van der Waals surface area contributed by atoms with Gasteiger partial charge >= 0.3 is 17.6 Å². The molecule has 1 aromatic rings. The molecule has 1 spiro atoms. The van der Waals surface area contributed by atoms with Crippen LogP contribution in [0.1, 0.15) is 18.4 Å². The summed E-state index contributed by atoms with van der Waals surface area (Å²) >= 11 is 0. The Kier molecular flexibility index (Phi) is 5.31. The van der Waals surface area contributed by atoms with E-state index in [1.54, 1.807) is 15.9 Å². The van der Waals surface area contributed by atoms with Crippen LogP contribution in [0.4, 0.5) is 22.8 Å². The molecular formula is C19H22F3N3O5S. The maximum absolute atomic E-state index is 12.8. The van der Waals surface area contributed by atoms with E-state index in [-0.39, 0.29) is 18.6 Å². The molecule has 0 aromatic heterocycles. The number of alkyl halides is 3. The SMILES string of the molecule is O=C1NC2(CO1)CN(C(=O)N1CCC(Cc3cccc(S(=O)(=O)C(F)(F)F)c3)CC1)C2. The van der Waals surface area contributed by atoms with Gasteiger partial charge in [0.1, 0.15) is 12.1 Å². The number of benzene rings is 1. The third-order valence-corrected chi connectivity index (χ3v) is 7.51. The van der Waals surface area contributed by atoms with Crippen molar-refractivity contribution in [1.29, 1.82) is 0 Å². The first-order valence-electron chi connectivity index (χ1n) is 9.88. The Bertz CT molecular complexity index is 984. The molecule has 3 aliphatic heterocycles. The number of halogens is 3. The maximum Gasteiger partial charge on any atom is 0.501 e. The summed E-state index contributed by atoms with van der Waals surface area (Å²) in [6.45, 7) is 2.07. The summed E-state index contributed by atoms with van der Waals surface area (Å²) in [5.74, 6) is 0.137. The number of likely N-dealkylation sites (tertiary alicyclic amines) is 2. The molecule has 3 heterocycles. The number of cyclic esters (lactones) is 1. The lowest BCUT2D eigenvalue weighted by Crippen LogP contribution is -2.71. The summed E-state index contributed by atoms with van der Waals surface area (Å²) in [6, 6.07) is 4.86. The number of rotatable bonds is 3. The standard InChI is InChI=1S/C19H22F3N3O5S/c20-19(21,22)31(28,29)15-3-1-2-14(9-15)8-13-4-6-24(7-5-13)17(27)25-10-18(11-25)12-30-16(26)23-18/h1-3,9,13H,4-8,10-12H2,(H,23,26). The number of hydrogen-bond acceptors (Lipinski definition) is 5. The molecule has 31 heavy (non-hydrogen) atoms. The molecule has 0 saturated carbocycles. The molecule has 1 N–H and O–H groups in total. The molecule has 0 aliphatic carbocycles. The Labute approximate surface area is 177 Å². The van der Waals surface area contributed by atoms with E-state index < -0.39 is 31.9 Å². The highest BCUT2D eigenvalue weighted by atomic mass is 32.2. The van der Waals surface area contributed by atoms with Gasteiger partial charge in [-0.15, -0.1) is 0 Å². The molecule has 0 atom stereocenters. The summed E-state index contributed by atoms with van der Waals surface area (Å²) in [4.78, 5) is 26.5. The molecule has 12 heteroatoms. The van der Waals surface area contributed by atoms with Crippen LogP contribution in [0.15, 0.2) is 29.2 Å². The minimum Gasteiger partial charge on any atom is -0.447 e. The van der Waals surface area contributed by atoms with Crippen LogP contribution in [0.3, 0.4) is 0 Å². The fourth-order valence-corrected chi connectivity index (χ4v) is 5.15. The lowest BCUT2D eigenvalue weighted by molar-refractivity contribution is -0.0436. The van der Waals surface area contributed by atoms with Crippen molar-refractivity contribution in [3.63, 3.8) is 0 Å². The predicted molar refractivity (Wildman–Crippen MR) is 102 cm³/mol. The molecule has 4 rings (SSSR count). The van der Waals surface area contributed by atoms with Crippen molar-refractivity contribution in [2.75, 3.05) is 32.8 Å². The predicted octanol–water partition coefficient (Wildman–Crippen LogP) is 2.15. The lowest BCUT2D eigenvalue weighted by atomic mass is 9.89. The number of ether oxygens (including phenoxy) is 1. The van der Waals surface area contributed by atoms with Crippen molar-refractivity contribution in [3.05, 3.63) is 29.8 Å². The Hall–Kier alpha value is -2.50. The number of hydrogen-bond donors (Lipinski definition) is 1. The zero-order chi connectivity index (χ0) is 22.4. The average Bonchev–Trinajstić information content (AvgIpc) is 3.08. The molecule has 3 aliphatic rings. The number of piperidine rings is 1. The van der Waals surface area contributed by atoms with Gasteiger partial charge in [0.25, 0.3) is 9.84 Å². The van der Waals surface area contributed by atoms with Crippen LogP contribution in [0.2, 0.25) is 0 Å². The Morgan fingerprint density at radius 2 is 1.87 bits per heavy atom. The van der Waals surface area contributed by atoms with E-state index in [1.807, 2.05) is 0 Å². The summed E-state index contributed by atoms with van der Waals surface area (Å²) in [5.41, 5.74) is -5.29. The zero-order valence-electron chi connectivity index (χ0n) is 16.5. The van der Waals surface area contributed by atoms with Gasteiger partial charge in [-0.1, -0.05) is 12.1 Å². The van der Waals surface area contributed by atoms with Crippen molar-refractivity contribution in [2.24, 2.45) is 5.92 Å². The highest BCUT2D eigenvalue weighted by molar-refractivity contribution is 7.92. The van der Waals surface area contributed by atoms with E-state index in [9.17, 15) is 31.2 Å². The van der Waals surface area contributed by atoms with Crippen LogP contribution in [0.25, 0.3) is 0 Å². The molecule has 3 amide bonds. The zero-order valence-corrected chi connectivity index (χ0v) is 17.3. The topological polar surface area (TPSA) is 96.0 Å². The van der Waals surface area contributed by atoms with Crippen molar-refractivity contribution in [2.45, 2.75) is 35.2 Å². The van der Waals surface area contributed by atoms with Crippen molar-refractivity contribution in [1.82, 2.24) is 15.1 Å². The first kappa shape index (κ1) is 21.7. The lowest BCUT2D eigenvalue weighted by Gasteiger charge is -2.48. The summed E-state index contributed by atoms with van der Waals surface area (Å²) in [5, 5.41) is 2.73. The Morgan fingerprint density at radius 3 is 2.45 bits per heavy atom. The molecule has 0 bridgehead atoms. The van der Waals surface area contributed by atoms with Crippen LogP contribution in [0, 0.1) is 5.92 Å². The Morgan fingerprint density at radius 1 is 1.19 bits per heavy atom. The van der Waals surface area contributed by atoms with Gasteiger partial charge in [-0.2, -0.15) is 13.2 Å². The second kappa shape index (κ2) is 7.57. The highest BCUT2D eigenvalue weighted by Gasteiger charge is 2.52. The molecule has 0 radical (unpaired) electrons. The molecular weight excluding hydrogens is 439 g/mol. The fourth-order valence-electron chi connectivity index (χ4n) is 4.32. The van der Waals surface area contributed by atoms with Gasteiger partial charge in [0.2, 0.25) is 0 Å². The number of urea groups is 1. The minimum atomic E-state index is -5.37. The third-order valence-electron chi connectivity index (χ3n) is 6.03. The van der Waals surface area contributed by atoms with Gasteiger partial charge in [0, 0.05) is 13.1 Å². The number of amides is 3. The van der Waals surface area contributed by atoms with E-state index in [2.05, 4.69) is 5.32 Å². The normalized spacial score (nSPS) is 21.6. The molecule has 1 aromatic carbocycles. The van der Waals surface area contributed by atoms with Gasteiger partial charge in [-0.25, -0.2) is 18.0 Å². The van der Waals surface area contributed by atoms with E-state index >= 15 is 0 Å². The van der Waals surface area contributed by atoms with Gasteiger partial charge < -0.3 is 19.9 Å². The molecule has 8 nitrogen and oxygen atoms in total. The summed E-state index contributed by atoms with van der Waals surface area (Å²) in [7, 11) is -5.37. The molecule has 0 unspecified atom stereocenters. The molecule has 3 saturated heterocycles. The Balaban J connectivity index is 1.30. The van der Waals surface area contributed by atoms with Gasteiger partial charge in [0.05, 0.1) is 18.0 Å². The summed E-state index contributed by atoms with van der Waals surface area (Å²) < 4.78 is 66.5. The van der Waals surface area contributed by atoms with Crippen LogP contribution in [-0.2, 0) is 21.0 Å². The fraction of sp³-hybridized carbons (Fsp3) is 0.579. The van der Waals surface area contributed by atoms with E-state index in [0.717, 1.165) is 12.1 Å². The first-order chi connectivity index (χ1) is 14.5. The second-order valence-corrected chi connectivity index (χ2v) is 10.3. The number of sulfone groups is 1. The monoisotopic (exact) mass is 461 g/mol. The quantitative estimate of drug-likeness (QED) is 0.744. The van der Waals surface area contributed by atoms with Crippen LogP contribution in [0.5, 0.6) is 0 Å². The van der Waals surface area contributed by atoms with E-state index in [0.29, 0.717) is 51.0 Å². The smallest absolute Gasteiger partial charge is 0.447 e. The number of nitrogens with one attached hydrogen (secondary N) is 1. The minimum absolute atomic E-state index is 0.108. The van der Waals surface area contributed by atoms with Gasteiger partial charge in [-0.05, 0) is 42.9 Å². The van der Waals surface area contributed by atoms with Gasteiger partial charge in [0.15, 0.2) is 0 Å². The van der Waals surface area contributed by atoms with E-state index in [1.165, 1.54) is 6.07 Å². The molecule has 170 valence electrons. The number of carbonyl (C=O) groups is 2. The number of carbonyl (C=O) groups excluding carboxylic acids is 2. The summed E-state index contributed by atoms with van der Waals surface area (Å²) in [6.07, 6.45) is 1.31. The number of nitrogens with zero attached hydrogens (tertiary/aromatic N) is 2. The largest absolute Gasteiger partial charge is 0.501 e. The third kappa shape index (κ3) is 4.17. The van der Waals surface area contributed by atoms with Crippen LogP contribution >= 0.6 is 0 Å². The highest BCUT2D eigenvalue weighted by Crippen LogP contribution is 2.32. The van der Waals surface area contributed by atoms with E-state index in [4.69, 9.17) is 4.74 Å². The van der Waals surface area contributed by atoms with Crippen molar-refractivity contribution in [3.8, 4) is 0 Å². The molecule has 3 fully saturated rings. The first-order valence-corrected chi connectivity index (χ1v) is 11.4. The second-order valence-electron chi connectivity index (χ2n) is 8.35.